The highest BCUT2D eigenvalue weighted by molar-refractivity contribution is 7.89. The summed E-state index contributed by atoms with van der Waals surface area (Å²) in [5.74, 6) is -0.370. The van der Waals surface area contributed by atoms with Crippen LogP contribution in [0.25, 0.3) is 20.8 Å². The second-order valence-corrected chi connectivity index (χ2v) is 9.47. The van der Waals surface area contributed by atoms with Crippen LogP contribution >= 0.6 is 11.3 Å². The van der Waals surface area contributed by atoms with E-state index in [1.165, 1.54) is 6.92 Å². The smallest absolute Gasteiger partial charge is 0.242 e. The number of rotatable bonds is 8. The largest absolute Gasteiger partial charge is 0.325 e. The number of nitrogens with one attached hydrogen (secondary N) is 2. The summed E-state index contributed by atoms with van der Waals surface area (Å²) in [5.41, 5.74) is 2.53. The Labute approximate surface area is 169 Å². The molecule has 0 aliphatic carbocycles. The van der Waals surface area contributed by atoms with Gasteiger partial charge in [0.2, 0.25) is 15.9 Å². The number of unbranched alkanes of at least 4 members (excludes halogenated alkanes) is 1. The monoisotopic (exact) mass is 417 g/mol. The summed E-state index contributed by atoms with van der Waals surface area (Å²) in [4.78, 5) is 16.9. The Morgan fingerprint density at radius 1 is 1.14 bits per heavy atom. The van der Waals surface area contributed by atoms with Crippen LogP contribution in [-0.2, 0) is 14.8 Å². The van der Waals surface area contributed by atoms with Crippen molar-refractivity contribution in [3.8, 4) is 10.6 Å². The molecule has 0 spiro atoms. The van der Waals surface area contributed by atoms with Gasteiger partial charge in [0, 0.05) is 11.3 Å². The average molecular weight is 418 g/mol. The summed E-state index contributed by atoms with van der Waals surface area (Å²) >= 11 is 1.61. The summed E-state index contributed by atoms with van der Waals surface area (Å²) in [6.07, 6.45) is 1.35. The van der Waals surface area contributed by atoms with Crippen molar-refractivity contribution < 1.29 is 13.2 Å². The van der Waals surface area contributed by atoms with Crippen LogP contribution in [0.4, 0.5) is 5.69 Å². The Morgan fingerprint density at radius 3 is 2.54 bits per heavy atom. The fourth-order valence-electron chi connectivity index (χ4n) is 2.66. The quantitative estimate of drug-likeness (QED) is 0.580. The molecule has 3 rings (SSSR count). The van der Waals surface area contributed by atoms with Gasteiger partial charge in [0.25, 0.3) is 0 Å². The number of hydrogen-bond donors (Lipinski definition) is 2. The molecule has 2 N–H and O–H groups in total. The van der Waals surface area contributed by atoms with Crippen molar-refractivity contribution in [1.29, 1.82) is 0 Å². The first-order chi connectivity index (χ1) is 13.4. The second-order valence-electron chi connectivity index (χ2n) is 6.57. The van der Waals surface area contributed by atoms with Crippen LogP contribution in [0.15, 0.2) is 48.5 Å². The van der Waals surface area contributed by atoms with E-state index < -0.39 is 22.0 Å². The first-order valence-electron chi connectivity index (χ1n) is 9.15. The van der Waals surface area contributed by atoms with Crippen LogP contribution in [-0.4, -0.2) is 31.1 Å². The van der Waals surface area contributed by atoms with Gasteiger partial charge in [-0.05, 0) is 49.7 Å². The van der Waals surface area contributed by atoms with Gasteiger partial charge >= 0.3 is 0 Å². The van der Waals surface area contributed by atoms with Gasteiger partial charge in [0.15, 0.2) is 0 Å². The Bertz CT molecular complexity index is 1030. The Hall–Kier alpha value is -2.29. The van der Waals surface area contributed by atoms with Crippen LogP contribution < -0.4 is 10.0 Å². The zero-order valence-corrected chi connectivity index (χ0v) is 17.4. The zero-order valence-electron chi connectivity index (χ0n) is 15.8. The standard InChI is InChI=1S/C20H23N3O3S2/c1-3-4-13-28(25,26)23-14(2)19(24)21-16-11-9-15(10-12-16)20-22-17-7-5-6-8-18(17)27-20/h5-12,14,23H,3-4,13H2,1-2H3,(H,21,24)/t14-/m1/s1. The highest BCUT2D eigenvalue weighted by Gasteiger charge is 2.20. The predicted molar refractivity (Wildman–Crippen MR) is 115 cm³/mol. The van der Waals surface area contributed by atoms with E-state index in [0.717, 1.165) is 27.2 Å². The fraction of sp³-hybridized carbons (Fsp3) is 0.300. The SMILES string of the molecule is CCCCS(=O)(=O)N[C@H](C)C(=O)Nc1ccc(-c2nc3ccccc3s2)cc1. The molecule has 1 heterocycles. The molecule has 148 valence electrons. The van der Waals surface area contributed by atoms with Crippen LogP contribution in [0.1, 0.15) is 26.7 Å². The minimum atomic E-state index is -3.45. The molecule has 0 aliphatic heterocycles. The van der Waals surface area contributed by atoms with Crippen molar-refractivity contribution in [1.82, 2.24) is 9.71 Å². The van der Waals surface area contributed by atoms with Gasteiger partial charge in [0.05, 0.1) is 22.0 Å². The number of thiazole rings is 1. The lowest BCUT2D eigenvalue weighted by atomic mass is 10.2. The molecule has 2 aromatic carbocycles. The van der Waals surface area contributed by atoms with Crippen molar-refractivity contribution in [2.75, 3.05) is 11.1 Å². The van der Waals surface area contributed by atoms with Gasteiger partial charge < -0.3 is 5.32 Å². The van der Waals surface area contributed by atoms with Gasteiger partial charge in [0.1, 0.15) is 5.01 Å². The molecular formula is C20H23N3O3S2. The van der Waals surface area contributed by atoms with E-state index in [0.29, 0.717) is 12.1 Å². The zero-order chi connectivity index (χ0) is 20.1. The van der Waals surface area contributed by atoms with E-state index in [9.17, 15) is 13.2 Å². The normalized spacial score (nSPS) is 12.8. The van der Waals surface area contributed by atoms with E-state index in [1.54, 1.807) is 23.5 Å². The number of para-hydroxylation sites is 1. The van der Waals surface area contributed by atoms with Gasteiger partial charge in [-0.25, -0.2) is 18.1 Å². The minimum Gasteiger partial charge on any atom is -0.325 e. The number of anilines is 1. The third kappa shape index (κ3) is 5.15. The number of amides is 1. The highest BCUT2D eigenvalue weighted by atomic mass is 32.2. The number of fused-ring (bicyclic) bond motifs is 1. The molecule has 0 bridgehead atoms. The lowest BCUT2D eigenvalue weighted by Crippen LogP contribution is -2.42. The molecule has 3 aromatic rings. The lowest BCUT2D eigenvalue weighted by molar-refractivity contribution is -0.117. The van der Waals surface area contributed by atoms with Gasteiger partial charge in [-0.15, -0.1) is 11.3 Å². The minimum absolute atomic E-state index is 0.0258. The average Bonchev–Trinajstić information content (AvgIpc) is 3.11. The summed E-state index contributed by atoms with van der Waals surface area (Å²) < 4.78 is 27.4. The molecule has 0 aliphatic rings. The summed E-state index contributed by atoms with van der Waals surface area (Å²) in [5, 5.41) is 3.66. The first kappa shape index (κ1) is 20.4. The van der Waals surface area contributed by atoms with E-state index >= 15 is 0 Å². The van der Waals surface area contributed by atoms with Crippen LogP contribution in [0.2, 0.25) is 0 Å². The van der Waals surface area contributed by atoms with E-state index in [2.05, 4.69) is 15.0 Å². The summed E-state index contributed by atoms with van der Waals surface area (Å²) in [6, 6.07) is 14.5. The Kier molecular flexibility index (Phi) is 6.43. The maximum Gasteiger partial charge on any atom is 0.242 e. The molecule has 0 saturated heterocycles. The van der Waals surface area contributed by atoms with Crippen LogP contribution in [0.5, 0.6) is 0 Å². The molecule has 6 nitrogen and oxygen atoms in total. The van der Waals surface area contributed by atoms with E-state index in [4.69, 9.17) is 0 Å². The molecule has 1 atom stereocenters. The number of aromatic nitrogens is 1. The molecule has 0 unspecified atom stereocenters. The maximum absolute atomic E-state index is 12.3. The van der Waals surface area contributed by atoms with Crippen molar-refractivity contribution in [2.24, 2.45) is 0 Å². The molecule has 0 radical (unpaired) electrons. The molecule has 28 heavy (non-hydrogen) atoms. The van der Waals surface area contributed by atoms with Crippen molar-refractivity contribution in [3.05, 3.63) is 48.5 Å². The molecular weight excluding hydrogens is 394 g/mol. The number of sulfonamides is 1. The number of hydrogen-bond acceptors (Lipinski definition) is 5. The summed E-state index contributed by atoms with van der Waals surface area (Å²) in [7, 11) is -3.45. The number of benzene rings is 2. The van der Waals surface area contributed by atoms with Crippen LogP contribution in [0, 0.1) is 0 Å². The lowest BCUT2D eigenvalue weighted by Gasteiger charge is -2.14. The fourth-order valence-corrected chi connectivity index (χ4v) is 5.06. The van der Waals surface area contributed by atoms with Crippen molar-refractivity contribution >= 4 is 43.2 Å². The molecule has 1 aromatic heterocycles. The summed E-state index contributed by atoms with van der Waals surface area (Å²) in [6.45, 7) is 3.46. The van der Waals surface area contributed by atoms with Gasteiger partial charge in [-0.3, -0.25) is 4.79 Å². The number of carbonyl (C=O) groups is 1. The third-order valence-electron chi connectivity index (χ3n) is 4.21. The first-order valence-corrected chi connectivity index (χ1v) is 11.6. The molecule has 1 amide bonds. The van der Waals surface area contributed by atoms with Gasteiger partial charge in [-0.1, -0.05) is 25.5 Å². The Morgan fingerprint density at radius 2 is 1.86 bits per heavy atom. The van der Waals surface area contributed by atoms with E-state index in [1.807, 2.05) is 43.3 Å². The van der Waals surface area contributed by atoms with Gasteiger partial charge in [-0.2, -0.15) is 0 Å². The molecule has 8 heteroatoms. The predicted octanol–water partition coefficient (Wildman–Crippen LogP) is 4.01. The van der Waals surface area contributed by atoms with E-state index in [-0.39, 0.29) is 5.75 Å². The number of nitrogens with zero attached hydrogens (tertiary/aromatic N) is 1. The second kappa shape index (κ2) is 8.81. The maximum atomic E-state index is 12.3. The number of carbonyl (C=O) groups excluding carboxylic acids is 1. The molecule has 0 saturated carbocycles. The van der Waals surface area contributed by atoms with Crippen molar-refractivity contribution in [2.45, 2.75) is 32.7 Å². The van der Waals surface area contributed by atoms with Crippen molar-refractivity contribution in [3.63, 3.8) is 0 Å². The molecule has 0 fully saturated rings. The third-order valence-corrected chi connectivity index (χ3v) is 6.83. The highest BCUT2D eigenvalue weighted by Crippen LogP contribution is 2.30. The Balaban J connectivity index is 1.64. The topological polar surface area (TPSA) is 88.2 Å². The van der Waals surface area contributed by atoms with Crippen LogP contribution in [0.3, 0.4) is 0 Å².